The topological polar surface area (TPSA) is 19.4 Å². The van der Waals surface area contributed by atoms with Gasteiger partial charge in [-0.3, -0.25) is 9.88 Å². The van der Waals surface area contributed by atoms with Gasteiger partial charge in [-0.1, -0.05) is 11.6 Å². The van der Waals surface area contributed by atoms with Crippen LogP contribution in [0.15, 0.2) is 18.5 Å². The number of nitrogens with zero attached hydrogens (tertiary/aromatic N) is 3. The Morgan fingerprint density at radius 2 is 1.85 bits per heavy atom. The van der Waals surface area contributed by atoms with Gasteiger partial charge in [0.05, 0.1) is 23.5 Å². The Balaban J connectivity index is 1.73. The Hall–Kier alpha value is -1.01. The summed E-state index contributed by atoms with van der Waals surface area (Å²) >= 11 is 5.92. The molecule has 0 N–H and O–H groups in total. The van der Waals surface area contributed by atoms with Crippen LogP contribution in [0, 0.1) is 0 Å². The molecule has 0 saturated carbocycles. The van der Waals surface area contributed by atoms with Gasteiger partial charge in [-0.05, 0) is 18.9 Å². The zero-order valence-electron chi connectivity index (χ0n) is 10.8. The molecule has 3 nitrogen and oxygen atoms in total. The second-order valence-corrected chi connectivity index (χ2v) is 5.88. The van der Waals surface area contributed by atoms with E-state index in [0.717, 1.165) is 18.5 Å². The van der Waals surface area contributed by atoms with E-state index in [9.17, 15) is 13.2 Å². The maximum atomic E-state index is 12.6. The number of anilines is 1. The molecule has 0 amide bonds. The van der Waals surface area contributed by atoms with Crippen LogP contribution >= 0.6 is 11.6 Å². The van der Waals surface area contributed by atoms with E-state index in [2.05, 4.69) is 9.88 Å². The Morgan fingerprint density at radius 1 is 1.20 bits per heavy atom. The molecule has 0 radical (unpaired) electrons. The zero-order chi connectivity index (χ0) is 14.3. The lowest BCUT2D eigenvalue weighted by Crippen LogP contribution is -2.56. The standard InChI is InChI=1S/C13H15ClF3N3/c14-9-3-12(5-18-4-9)19-6-10-1-2-11(7-19)20(10)8-13(15,16)17/h3-5,10-11H,1-2,6-8H2. The number of hydrogen-bond donors (Lipinski definition) is 0. The fourth-order valence-corrected chi connectivity index (χ4v) is 3.41. The SMILES string of the molecule is FC(F)(F)CN1C2CCC1CN(c1cncc(Cl)c1)C2. The minimum Gasteiger partial charge on any atom is -0.367 e. The molecular weight excluding hydrogens is 291 g/mol. The van der Waals surface area contributed by atoms with Gasteiger partial charge in [0, 0.05) is 31.4 Å². The van der Waals surface area contributed by atoms with E-state index < -0.39 is 12.7 Å². The monoisotopic (exact) mass is 305 g/mol. The molecule has 2 fully saturated rings. The first-order chi connectivity index (χ1) is 9.42. The Kier molecular flexibility index (Phi) is 3.54. The minimum absolute atomic E-state index is 0.0330. The van der Waals surface area contributed by atoms with Crippen LogP contribution < -0.4 is 4.90 Å². The van der Waals surface area contributed by atoms with E-state index in [4.69, 9.17) is 11.6 Å². The average molecular weight is 306 g/mol. The average Bonchev–Trinajstić information content (AvgIpc) is 2.60. The van der Waals surface area contributed by atoms with E-state index in [0.29, 0.717) is 18.1 Å². The van der Waals surface area contributed by atoms with Crippen molar-refractivity contribution < 1.29 is 13.2 Å². The summed E-state index contributed by atoms with van der Waals surface area (Å²) in [6, 6.07) is 1.75. The second kappa shape index (κ2) is 5.07. The third-order valence-electron chi connectivity index (χ3n) is 4.05. The predicted molar refractivity (Wildman–Crippen MR) is 71.0 cm³/mol. The molecule has 20 heavy (non-hydrogen) atoms. The van der Waals surface area contributed by atoms with Crippen LogP contribution in [0.25, 0.3) is 0 Å². The van der Waals surface area contributed by atoms with Gasteiger partial charge in [-0.25, -0.2) is 0 Å². The summed E-state index contributed by atoms with van der Waals surface area (Å²) in [7, 11) is 0. The maximum Gasteiger partial charge on any atom is 0.401 e. The highest BCUT2D eigenvalue weighted by atomic mass is 35.5. The minimum atomic E-state index is -4.12. The molecular formula is C13H15ClF3N3. The van der Waals surface area contributed by atoms with Gasteiger partial charge >= 0.3 is 6.18 Å². The van der Waals surface area contributed by atoms with Gasteiger partial charge in [-0.2, -0.15) is 13.2 Å². The number of halogens is 4. The largest absolute Gasteiger partial charge is 0.401 e. The van der Waals surface area contributed by atoms with Crippen LogP contribution in [0.2, 0.25) is 5.02 Å². The molecule has 1 aromatic heterocycles. The summed E-state index contributed by atoms with van der Waals surface area (Å²) in [5.41, 5.74) is 0.890. The number of rotatable bonds is 2. The summed E-state index contributed by atoms with van der Waals surface area (Å²) in [5, 5.41) is 0.549. The van der Waals surface area contributed by atoms with Gasteiger partial charge < -0.3 is 4.90 Å². The molecule has 0 aliphatic carbocycles. The van der Waals surface area contributed by atoms with Crippen LogP contribution in [0.4, 0.5) is 18.9 Å². The van der Waals surface area contributed by atoms with E-state index in [1.807, 2.05) is 6.07 Å². The van der Waals surface area contributed by atoms with Gasteiger partial charge in [0.15, 0.2) is 0 Å². The lowest BCUT2D eigenvalue weighted by atomic mass is 10.1. The predicted octanol–water partition coefficient (Wildman–Crippen LogP) is 2.95. The molecule has 2 aliphatic heterocycles. The Labute approximate surface area is 120 Å². The first kappa shape index (κ1) is 13.9. The Morgan fingerprint density at radius 3 is 2.40 bits per heavy atom. The zero-order valence-corrected chi connectivity index (χ0v) is 11.5. The maximum absolute atomic E-state index is 12.6. The quantitative estimate of drug-likeness (QED) is 0.837. The fraction of sp³-hybridized carbons (Fsp3) is 0.615. The number of hydrogen-bond acceptors (Lipinski definition) is 3. The van der Waals surface area contributed by atoms with E-state index in [1.165, 1.54) is 0 Å². The lowest BCUT2D eigenvalue weighted by Gasteiger charge is -2.42. The van der Waals surface area contributed by atoms with Crippen LogP contribution in [-0.2, 0) is 0 Å². The van der Waals surface area contributed by atoms with Crippen LogP contribution in [-0.4, -0.2) is 47.8 Å². The van der Waals surface area contributed by atoms with Crippen LogP contribution in [0.1, 0.15) is 12.8 Å². The smallest absolute Gasteiger partial charge is 0.367 e. The molecule has 0 spiro atoms. The first-order valence-corrected chi connectivity index (χ1v) is 6.98. The molecule has 1 aromatic rings. The van der Waals surface area contributed by atoms with E-state index in [1.54, 1.807) is 17.3 Å². The molecule has 110 valence electrons. The summed E-state index contributed by atoms with van der Waals surface area (Å²) in [4.78, 5) is 7.74. The van der Waals surface area contributed by atoms with Crippen molar-refractivity contribution in [3.8, 4) is 0 Å². The molecule has 2 saturated heterocycles. The Bertz CT molecular complexity index is 480. The third-order valence-corrected chi connectivity index (χ3v) is 4.26. The molecule has 2 unspecified atom stereocenters. The molecule has 2 aliphatic rings. The molecule has 7 heteroatoms. The molecule has 0 aromatic carbocycles. The molecule has 3 heterocycles. The molecule has 2 atom stereocenters. The highest BCUT2D eigenvalue weighted by Gasteiger charge is 2.44. The third kappa shape index (κ3) is 2.86. The highest BCUT2D eigenvalue weighted by Crippen LogP contribution is 2.35. The van der Waals surface area contributed by atoms with Gasteiger partial charge in [0.25, 0.3) is 0 Å². The number of fused-ring (bicyclic) bond motifs is 2. The number of pyridine rings is 1. The van der Waals surface area contributed by atoms with Crippen molar-refractivity contribution in [2.45, 2.75) is 31.1 Å². The van der Waals surface area contributed by atoms with Gasteiger partial charge in [0.2, 0.25) is 0 Å². The van der Waals surface area contributed by atoms with Crippen molar-refractivity contribution in [1.29, 1.82) is 0 Å². The van der Waals surface area contributed by atoms with Crippen LogP contribution in [0.3, 0.4) is 0 Å². The van der Waals surface area contributed by atoms with Crippen molar-refractivity contribution in [3.63, 3.8) is 0 Å². The summed E-state index contributed by atoms with van der Waals surface area (Å²) in [6.07, 6.45) is 0.793. The summed E-state index contributed by atoms with van der Waals surface area (Å²) < 4.78 is 37.8. The van der Waals surface area contributed by atoms with Crippen LogP contribution in [0.5, 0.6) is 0 Å². The van der Waals surface area contributed by atoms with Crippen molar-refractivity contribution in [1.82, 2.24) is 9.88 Å². The normalized spacial score (nSPS) is 27.1. The first-order valence-electron chi connectivity index (χ1n) is 6.60. The molecule has 2 bridgehead atoms. The van der Waals surface area contributed by atoms with E-state index >= 15 is 0 Å². The molecule has 3 rings (SSSR count). The van der Waals surface area contributed by atoms with Gasteiger partial charge in [0.1, 0.15) is 0 Å². The van der Waals surface area contributed by atoms with Crippen molar-refractivity contribution >= 4 is 17.3 Å². The second-order valence-electron chi connectivity index (χ2n) is 5.44. The fourth-order valence-electron chi connectivity index (χ4n) is 3.24. The number of piperazine rings is 1. The number of alkyl halides is 3. The highest BCUT2D eigenvalue weighted by molar-refractivity contribution is 6.30. The summed E-state index contributed by atoms with van der Waals surface area (Å²) in [5.74, 6) is 0. The summed E-state index contributed by atoms with van der Waals surface area (Å²) in [6.45, 7) is 0.410. The van der Waals surface area contributed by atoms with Crippen molar-refractivity contribution in [2.75, 3.05) is 24.5 Å². The number of aromatic nitrogens is 1. The van der Waals surface area contributed by atoms with Crippen molar-refractivity contribution in [3.05, 3.63) is 23.5 Å². The van der Waals surface area contributed by atoms with E-state index in [-0.39, 0.29) is 12.1 Å². The lowest BCUT2D eigenvalue weighted by molar-refractivity contribution is -0.153. The van der Waals surface area contributed by atoms with Gasteiger partial charge in [-0.15, -0.1) is 0 Å². The van der Waals surface area contributed by atoms with Crippen molar-refractivity contribution in [2.24, 2.45) is 0 Å².